The van der Waals surface area contributed by atoms with E-state index in [4.69, 9.17) is 0 Å². The summed E-state index contributed by atoms with van der Waals surface area (Å²) in [5.74, 6) is 0.958. The Labute approximate surface area is 121 Å². The van der Waals surface area contributed by atoms with Crippen molar-refractivity contribution in [1.29, 1.82) is 0 Å². The highest BCUT2D eigenvalue weighted by atomic mass is 14.9. The number of hydrogen-bond donors (Lipinski definition) is 1. The average molecular weight is 268 g/mol. The molecule has 1 heteroatoms. The van der Waals surface area contributed by atoms with Gasteiger partial charge in [-0.25, -0.2) is 0 Å². The normalized spacial score (nSPS) is 18.3. The largest absolute Gasteiger partial charge is 0.311 e. The summed E-state index contributed by atoms with van der Waals surface area (Å²) >= 11 is 0. The van der Waals surface area contributed by atoms with E-state index >= 15 is 0 Å². The fourth-order valence-corrected chi connectivity index (χ4v) is 3.56. The average Bonchev–Trinajstić information content (AvgIpc) is 2.93. The zero-order valence-electron chi connectivity index (χ0n) is 13.7. The van der Waals surface area contributed by atoms with Crippen LogP contribution in [0.5, 0.6) is 0 Å². The molecular weight excluding hydrogens is 230 g/mol. The van der Waals surface area contributed by atoms with Crippen LogP contribution in [-0.2, 0) is 0 Å². The van der Waals surface area contributed by atoms with E-state index in [1.54, 1.807) is 0 Å². The molecule has 1 nitrogen and oxygen atoms in total. The molecule has 1 aliphatic carbocycles. The summed E-state index contributed by atoms with van der Waals surface area (Å²) in [6.07, 6.45) is 17.0. The van der Waals surface area contributed by atoms with Gasteiger partial charge in [-0.2, -0.15) is 0 Å². The Hall–Kier alpha value is -0.0400. The van der Waals surface area contributed by atoms with Gasteiger partial charge in [0.05, 0.1) is 0 Å². The van der Waals surface area contributed by atoms with Crippen molar-refractivity contribution >= 4 is 0 Å². The fraction of sp³-hybridized carbons (Fsp3) is 1.00. The Bertz CT molecular complexity index is 186. The molecule has 1 fully saturated rings. The molecule has 0 radical (unpaired) electrons. The highest BCUT2D eigenvalue weighted by Gasteiger charge is 2.23. The van der Waals surface area contributed by atoms with Crippen molar-refractivity contribution in [3.8, 4) is 0 Å². The maximum atomic E-state index is 3.98. The van der Waals surface area contributed by atoms with Crippen molar-refractivity contribution in [1.82, 2.24) is 5.32 Å². The minimum absolute atomic E-state index is 0.746. The van der Waals surface area contributed by atoms with Gasteiger partial charge in [0.2, 0.25) is 0 Å². The van der Waals surface area contributed by atoms with Crippen LogP contribution in [0.15, 0.2) is 0 Å². The van der Waals surface area contributed by atoms with Gasteiger partial charge < -0.3 is 5.32 Å². The summed E-state index contributed by atoms with van der Waals surface area (Å²) in [5.41, 5.74) is 0. The first-order valence-corrected chi connectivity index (χ1v) is 9.04. The quantitative estimate of drug-likeness (QED) is 0.475. The lowest BCUT2D eigenvalue weighted by atomic mass is 9.96. The molecule has 0 bridgehead atoms. The molecule has 1 aliphatic rings. The lowest BCUT2D eigenvalue weighted by Gasteiger charge is -2.27. The molecule has 0 saturated heterocycles. The Kier molecular flexibility index (Phi) is 9.59. The number of hydrogen-bond acceptors (Lipinski definition) is 1. The van der Waals surface area contributed by atoms with E-state index < -0.39 is 0 Å². The summed E-state index contributed by atoms with van der Waals surface area (Å²) < 4.78 is 0. The van der Waals surface area contributed by atoms with Gasteiger partial charge in [-0.15, -0.1) is 0 Å². The van der Waals surface area contributed by atoms with Crippen molar-refractivity contribution < 1.29 is 0 Å². The predicted octanol–water partition coefficient (Wildman–Crippen LogP) is 5.68. The molecule has 0 aliphatic heterocycles. The van der Waals surface area contributed by atoms with Crippen LogP contribution in [0.1, 0.15) is 97.8 Å². The minimum atomic E-state index is 0.746. The Balaban J connectivity index is 2.28. The van der Waals surface area contributed by atoms with Crippen LogP contribution < -0.4 is 5.32 Å². The maximum absolute atomic E-state index is 3.98. The molecule has 114 valence electrons. The van der Waals surface area contributed by atoms with E-state index in [1.807, 2.05) is 0 Å². The molecular formula is C18H37N. The molecule has 1 saturated carbocycles. The third kappa shape index (κ3) is 7.34. The van der Waals surface area contributed by atoms with Crippen LogP contribution in [-0.4, -0.2) is 12.1 Å². The molecule has 0 aromatic carbocycles. The molecule has 1 rings (SSSR count). The van der Waals surface area contributed by atoms with Gasteiger partial charge in [-0.3, -0.25) is 0 Å². The van der Waals surface area contributed by atoms with Crippen LogP contribution in [0.2, 0.25) is 0 Å². The van der Waals surface area contributed by atoms with Crippen molar-refractivity contribution in [3.63, 3.8) is 0 Å². The van der Waals surface area contributed by atoms with E-state index in [0.29, 0.717) is 0 Å². The van der Waals surface area contributed by atoms with Gasteiger partial charge in [-0.1, -0.05) is 65.2 Å². The molecule has 0 aromatic heterocycles. The summed E-state index contributed by atoms with van der Waals surface area (Å²) in [5, 5.41) is 3.98. The van der Waals surface area contributed by atoms with E-state index in [0.717, 1.165) is 18.0 Å². The molecule has 0 aromatic rings. The zero-order valence-corrected chi connectivity index (χ0v) is 13.7. The van der Waals surface area contributed by atoms with Gasteiger partial charge in [-0.05, 0) is 38.5 Å². The third-order valence-corrected chi connectivity index (χ3v) is 4.92. The van der Waals surface area contributed by atoms with Crippen LogP contribution in [0.4, 0.5) is 0 Å². The molecule has 0 spiro atoms. The second-order valence-corrected chi connectivity index (χ2v) is 6.69. The van der Waals surface area contributed by atoms with Crippen LogP contribution in [0.3, 0.4) is 0 Å². The standard InChI is InChI=1S/C18H37N/c1-4-6-8-14-18(15-9-7-5-2)19-16(3)17-12-10-11-13-17/h16-19H,4-15H2,1-3H3/t16-/m1/s1. The Morgan fingerprint density at radius 1 is 0.895 bits per heavy atom. The Morgan fingerprint density at radius 2 is 1.42 bits per heavy atom. The monoisotopic (exact) mass is 267 g/mol. The predicted molar refractivity (Wildman–Crippen MR) is 86.6 cm³/mol. The van der Waals surface area contributed by atoms with Gasteiger partial charge >= 0.3 is 0 Å². The first-order chi connectivity index (χ1) is 9.27. The summed E-state index contributed by atoms with van der Waals surface area (Å²) in [6.45, 7) is 7.05. The van der Waals surface area contributed by atoms with Crippen LogP contribution in [0.25, 0.3) is 0 Å². The topological polar surface area (TPSA) is 12.0 Å². The number of unbranched alkanes of at least 4 members (excludes halogenated alkanes) is 4. The van der Waals surface area contributed by atoms with E-state index in [-0.39, 0.29) is 0 Å². The summed E-state index contributed by atoms with van der Waals surface area (Å²) in [7, 11) is 0. The molecule has 1 atom stereocenters. The van der Waals surface area contributed by atoms with Crippen LogP contribution in [0, 0.1) is 5.92 Å². The highest BCUT2D eigenvalue weighted by molar-refractivity contribution is 4.80. The first kappa shape index (κ1) is 17.0. The lowest BCUT2D eigenvalue weighted by molar-refractivity contribution is 0.312. The van der Waals surface area contributed by atoms with Crippen molar-refractivity contribution in [2.75, 3.05) is 0 Å². The van der Waals surface area contributed by atoms with Crippen molar-refractivity contribution in [2.45, 2.75) is 110 Å². The third-order valence-electron chi connectivity index (χ3n) is 4.92. The molecule has 19 heavy (non-hydrogen) atoms. The smallest absolute Gasteiger partial charge is 0.00696 e. The van der Waals surface area contributed by atoms with Crippen molar-refractivity contribution in [2.24, 2.45) is 5.92 Å². The van der Waals surface area contributed by atoms with Gasteiger partial charge in [0.1, 0.15) is 0 Å². The molecule has 0 amide bonds. The molecule has 0 heterocycles. The van der Waals surface area contributed by atoms with Crippen molar-refractivity contribution in [3.05, 3.63) is 0 Å². The maximum Gasteiger partial charge on any atom is 0.00696 e. The molecule has 0 unspecified atom stereocenters. The Morgan fingerprint density at radius 3 is 1.89 bits per heavy atom. The van der Waals surface area contributed by atoms with E-state index in [9.17, 15) is 0 Å². The summed E-state index contributed by atoms with van der Waals surface area (Å²) in [6, 6.07) is 1.53. The second-order valence-electron chi connectivity index (χ2n) is 6.69. The first-order valence-electron chi connectivity index (χ1n) is 9.04. The van der Waals surface area contributed by atoms with Crippen LogP contribution >= 0.6 is 0 Å². The SMILES string of the molecule is CCCCCC(CCCCC)N[C@H](C)C1CCCC1. The molecule has 1 N–H and O–H groups in total. The van der Waals surface area contributed by atoms with Gasteiger partial charge in [0, 0.05) is 12.1 Å². The minimum Gasteiger partial charge on any atom is -0.311 e. The second kappa shape index (κ2) is 10.7. The van der Waals surface area contributed by atoms with Gasteiger partial charge in [0.25, 0.3) is 0 Å². The summed E-state index contributed by atoms with van der Waals surface area (Å²) in [4.78, 5) is 0. The lowest BCUT2D eigenvalue weighted by Crippen LogP contribution is -2.40. The van der Waals surface area contributed by atoms with Gasteiger partial charge in [0.15, 0.2) is 0 Å². The van der Waals surface area contributed by atoms with E-state index in [1.165, 1.54) is 77.0 Å². The number of rotatable bonds is 11. The fourth-order valence-electron chi connectivity index (χ4n) is 3.56. The number of nitrogens with one attached hydrogen (secondary N) is 1. The van der Waals surface area contributed by atoms with E-state index in [2.05, 4.69) is 26.1 Å². The zero-order chi connectivity index (χ0) is 13.9. The highest BCUT2D eigenvalue weighted by Crippen LogP contribution is 2.28.